The molecule has 156 valence electrons. The van der Waals surface area contributed by atoms with Crippen molar-refractivity contribution in [2.45, 2.75) is 27.0 Å². The Morgan fingerprint density at radius 1 is 1.13 bits per heavy atom. The molecule has 1 aromatic carbocycles. The van der Waals surface area contributed by atoms with Gasteiger partial charge in [0.1, 0.15) is 18.0 Å². The fourth-order valence-corrected chi connectivity index (χ4v) is 3.36. The number of likely N-dealkylation sites (N-methyl/N-ethyl adjacent to an activating group) is 1. The minimum Gasteiger partial charge on any atom is -0.489 e. The lowest BCUT2D eigenvalue weighted by Crippen LogP contribution is -2.36. The molecular weight excluding hydrogens is 382 g/mol. The summed E-state index contributed by atoms with van der Waals surface area (Å²) < 4.78 is 7.65. The predicted molar refractivity (Wildman–Crippen MR) is 115 cm³/mol. The minimum atomic E-state index is -0.0570. The van der Waals surface area contributed by atoms with Gasteiger partial charge >= 0.3 is 0 Å². The first-order valence-electron chi connectivity index (χ1n) is 9.73. The maximum absolute atomic E-state index is 11.7. The number of amides is 1. The summed E-state index contributed by atoms with van der Waals surface area (Å²) in [5.74, 6) is 2.00. The highest BCUT2D eigenvalue weighted by Crippen LogP contribution is 2.29. The molecular formula is C21H25N7O2. The van der Waals surface area contributed by atoms with E-state index in [2.05, 4.69) is 25.7 Å². The number of carbonyl (C=O) groups is 1. The van der Waals surface area contributed by atoms with Crippen LogP contribution < -0.4 is 20.3 Å². The highest BCUT2D eigenvalue weighted by Gasteiger charge is 2.23. The number of anilines is 3. The van der Waals surface area contributed by atoms with Crippen LogP contribution in [0.3, 0.4) is 0 Å². The van der Waals surface area contributed by atoms with Gasteiger partial charge in [-0.05, 0) is 31.5 Å². The monoisotopic (exact) mass is 407 g/mol. The summed E-state index contributed by atoms with van der Waals surface area (Å²) in [6.07, 6.45) is 1.97. The Morgan fingerprint density at radius 2 is 1.90 bits per heavy atom. The number of aryl methyl sites for hydroxylation is 3. The molecule has 30 heavy (non-hydrogen) atoms. The van der Waals surface area contributed by atoms with E-state index >= 15 is 0 Å². The summed E-state index contributed by atoms with van der Waals surface area (Å²) in [5, 5.41) is 10.4. The first-order chi connectivity index (χ1) is 14.4. The molecule has 0 unspecified atom stereocenters. The Balaban J connectivity index is 1.37. The van der Waals surface area contributed by atoms with Crippen molar-refractivity contribution in [1.82, 2.24) is 19.7 Å². The molecule has 3 heterocycles. The summed E-state index contributed by atoms with van der Waals surface area (Å²) in [5.41, 5.74) is 4.54. The van der Waals surface area contributed by atoms with Crippen molar-refractivity contribution >= 4 is 23.4 Å². The molecule has 2 N–H and O–H groups in total. The third-order valence-electron chi connectivity index (χ3n) is 4.96. The van der Waals surface area contributed by atoms with Crippen molar-refractivity contribution in [3.05, 3.63) is 53.0 Å². The topological polar surface area (TPSA) is 97.2 Å². The Bertz CT molecular complexity index is 1080. The SMILES string of the molecule is Cc1nn(C)cc1COc1ccc(CNc2nc(C)c3c(n2)N(C)CC(=O)N3)cc1. The molecule has 1 amide bonds. The number of ether oxygens (including phenoxy) is 1. The largest absolute Gasteiger partial charge is 0.489 e. The molecule has 9 nitrogen and oxygen atoms in total. The highest BCUT2D eigenvalue weighted by atomic mass is 16.5. The number of benzene rings is 1. The smallest absolute Gasteiger partial charge is 0.244 e. The average molecular weight is 407 g/mol. The quantitative estimate of drug-likeness (QED) is 0.648. The van der Waals surface area contributed by atoms with Crippen LogP contribution in [0.15, 0.2) is 30.5 Å². The maximum Gasteiger partial charge on any atom is 0.244 e. The van der Waals surface area contributed by atoms with Gasteiger partial charge < -0.3 is 20.3 Å². The van der Waals surface area contributed by atoms with Gasteiger partial charge in [-0.1, -0.05) is 12.1 Å². The van der Waals surface area contributed by atoms with Gasteiger partial charge in [0.2, 0.25) is 11.9 Å². The van der Waals surface area contributed by atoms with Gasteiger partial charge in [0.15, 0.2) is 5.82 Å². The Hall–Kier alpha value is -3.62. The lowest BCUT2D eigenvalue weighted by atomic mass is 10.2. The zero-order chi connectivity index (χ0) is 21.3. The summed E-state index contributed by atoms with van der Waals surface area (Å²) >= 11 is 0. The average Bonchev–Trinajstić information content (AvgIpc) is 3.03. The first-order valence-corrected chi connectivity index (χ1v) is 9.73. The second-order valence-electron chi connectivity index (χ2n) is 7.44. The normalized spacial score (nSPS) is 13.1. The lowest BCUT2D eigenvalue weighted by molar-refractivity contribution is -0.115. The summed E-state index contributed by atoms with van der Waals surface area (Å²) in [4.78, 5) is 22.6. The van der Waals surface area contributed by atoms with Crippen LogP contribution in [0.2, 0.25) is 0 Å². The van der Waals surface area contributed by atoms with Gasteiger partial charge in [-0.2, -0.15) is 10.1 Å². The van der Waals surface area contributed by atoms with Crippen LogP contribution in [0.5, 0.6) is 5.75 Å². The first kappa shape index (κ1) is 19.7. The van der Waals surface area contributed by atoms with E-state index in [4.69, 9.17) is 4.74 Å². The number of hydrogen-bond donors (Lipinski definition) is 2. The Labute approximate surface area is 175 Å². The van der Waals surface area contributed by atoms with E-state index in [1.54, 1.807) is 4.68 Å². The number of carbonyl (C=O) groups excluding carboxylic acids is 1. The Kier molecular flexibility index (Phi) is 5.26. The van der Waals surface area contributed by atoms with Crippen molar-refractivity contribution in [1.29, 1.82) is 0 Å². The van der Waals surface area contributed by atoms with Gasteiger partial charge in [0, 0.05) is 32.4 Å². The number of aromatic nitrogens is 4. The van der Waals surface area contributed by atoms with Gasteiger partial charge in [-0.3, -0.25) is 9.48 Å². The van der Waals surface area contributed by atoms with Gasteiger partial charge in [0.25, 0.3) is 0 Å². The number of fused-ring (bicyclic) bond motifs is 1. The van der Waals surface area contributed by atoms with Crippen LogP contribution >= 0.6 is 0 Å². The fraction of sp³-hybridized carbons (Fsp3) is 0.333. The van der Waals surface area contributed by atoms with Gasteiger partial charge in [0.05, 0.1) is 17.9 Å². The number of nitrogens with one attached hydrogen (secondary N) is 2. The standard InChI is InChI=1S/C21H25N7O2/c1-13-16(10-28(4)26-13)12-30-17-7-5-15(6-8-17)9-22-21-23-14(2)19-20(25-21)27(3)11-18(29)24-19/h5-8,10H,9,11-12H2,1-4H3,(H,24,29)(H,22,23,25). The summed E-state index contributed by atoms with van der Waals surface area (Å²) in [6.45, 7) is 5.19. The van der Waals surface area contributed by atoms with E-state index in [9.17, 15) is 4.79 Å². The molecule has 0 aliphatic carbocycles. The van der Waals surface area contributed by atoms with Gasteiger partial charge in [-0.25, -0.2) is 4.98 Å². The van der Waals surface area contributed by atoms with E-state index in [0.717, 1.165) is 34.1 Å². The van der Waals surface area contributed by atoms with E-state index in [0.29, 0.717) is 24.8 Å². The molecule has 0 atom stereocenters. The zero-order valence-electron chi connectivity index (χ0n) is 17.6. The Morgan fingerprint density at radius 3 is 2.60 bits per heavy atom. The van der Waals surface area contributed by atoms with Crippen LogP contribution in [0, 0.1) is 13.8 Å². The number of rotatable bonds is 6. The minimum absolute atomic E-state index is 0.0570. The number of nitrogens with zero attached hydrogens (tertiary/aromatic N) is 5. The van der Waals surface area contributed by atoms with Crippen molar-refractivity contribution in [3.8, 4) is 5.75 Å². The zero-order valence-corrected chi connectivity index (χ0v) is 17.6. The van der Waals surface area contributed by atoms with Crippen LogP contribution in [0.4, 0.5) is 17.5 Å². The lowest BCUT2D eigenvalue weighted by Gasteiger charge is -2.27. The van der Waals surface area contributed by atoms with Crippen LogP contribution in [0.1, 0.15) is 22.5 Å². The molecule has 1 aliphatic heterocycles. The van der Waals surface area contributed by atoms with Crippen LogP contribution in [-0.2, 0) is 25.0 Å². The van der Waals surface area contributed by atoms with Gasteiger partial charge in [-0.15, -0.1) is 0 Å². The molecule has 3 aromatic rings. The second kappa shape index (κ2) is 8.02. The molecule has 0 fully saturated rings. The van der Waals surface area contributed by atoms with E-state index in [1.165, 1.54) is 0 Å². The summed E-state index contributed by atoms with van der Waals surface area (Å²) in [6, 6.07) is 7.92. The molecule has 0 saturated heterocycles. The third kappa shape index (κ3) is 4.19. The second-order valence-corrected chi connectivity index (χ2v) is 7.44. The van der Waals surface area contributed by atoms with Crippen LogP contribution in [-0.4, -0.2) is 39.2 Å². The molecule has 9 heteroatoms. The van der Waals surface area contributed by atoms with Crippen molar-refractivity contribution in [2.75, 3.05) is 29.1 Å². The fourth-order valence-electron chi connectivity index (χ4n) is 3.36. The van der Waals surface area contributed by atoms with Crippen molar-refractivity contribution < 1.29 is 9.53 Å². The predicted octanol–water partition coefficient (Wildman–Crippen LogP) is 2.41. The highest BCUT2D eigenvalue weighted by molar-refractivity contribution is 6.00. The molecule has 4 rings (SSSR count). The molecule has 2 aromatic heterocycles. The van der Waals surface area contributed by atoms with Crippen molar-refractivity contribution in [2.24, 2.45) is 7.05 Å². The molecule has 0 bridgehead atoms. The molecule has 0 spiro atoms. The molecule has 0 saturated carbocycles. The summed E-state index contributed by atoms with van der Waals surface area (Å²) in [7, 11) is 3.75. The van der Waals surface area contributed by atoms with E-state index in [1.807, 2.05) is 63.3 Å². The van der Waals surface area contributed by atoms with E-state index < -0.39 is 0 Å². The van der Waals surface area contributed by atoms with Crippen LogP contribution in [0.25, 0.3) is 0 Å². The molecule has 1 aliphatic rings. The maximum atomic E-state index is 11.7. The molecule has 0 radical (unpaired) electrons. The number of hydrogen-bond acceptors (Lipinski definition) is 7. The van der Waals surface area contributed by atoms with Crippen molar-refractivity contribution in [3.63, 3.8) is 0 Å². The van der Waals surface area contributed by atoms with E-state index in [-0.39, 0.29) is 12.5 Å². The third-order valence-corrected chi connectivity index (χ3v) is 4.96.